The number of carbonyl (C=O) groups is 2. The molecule has 5 nitrogen and oxygen atoms in total. The van der Waals surface area contributed by atoms with E-state index in [1.165, 1.54) is 6.20 Å². The van der Waals surface area contributed by atoms with Crippen LogP contribution in [0.3, 0.4) is 0 Å². The fourth-order valence-corrected chi connectivity index (χ4v) is 2.71. The number of hydrogen-bond donors (Lipinski definition) is 2. The minimum atomic E-state index is -0.920. The lowest BCUT2D eigenvalue weighted by Crippen LogP contribution is -2.30. The molecule has 0 aromatic carbocycles. The largest absolute Gasteiger partial charge is 0.481 e. The minimum absolute atomic E-state index is 0.232. The summed E-state index contributed by atoms with van der Waals surface area (Å²) in [7, 11) is 0. The van der Waals surface area contributed by atoms with E-state index in [1.807, 2.05) is 6.92 Å². The first-order valence-electron chi connectivity index (χ1n) is 6.13. The maximum absolute atomic E-state index is 12.2. The molecule has 0 bridgehead atoms. The van der Waals surface area contributed by atoms with Crippen LogP contribution in [-0.2, 0) is 9.59 Å². The molecule has 0 saturated heterocycles. The number of aliphatic carboxylic acids is 1. The number of rotatable bonds is 3. The zero-order valence-electron chi connectivity index (χ0n) is 10.5. The monoisotopic (exact) mass is 282 g/mol. The fourth-order valence-electron chi connectivity index (χ4n) is 2.54. The van der Waals surface area contributed by atoms with Crippen LogP contribution < -0.4 is 5.32 Å². The summed E-state index contributed by atoms with van der Waals surface area (Å²) in [5.41, 5.74) is 0. The Morgan fingerprint density at radius 2 is 2.11 bits per heavy atom. The van der Waals surface area contributed by atoms with Crippen LogP contribution in [0.2, 0.25) is 5.02 Å². The van der Waals surface area contributed by atoms with E-state index in [1.54, 1.807) is 12.1 Å². The summed E-state index contributed by atoms with van der Waals surface area (Å²) in [6.07, 6.45) is 2.63. The molecule has 3 atom stereocenters. The first-order chi connectivity index (χ1) is 8.99. The molecule has 0 radical (unpaired) electrons. The van der Waals surface area contributed by atoms with E-state index >= 15 is 0 Å². The molecule has 0 aliphatic heterocycles. The zero-order chi connectivity index (χ0) is 14.0. The standard InChI is InChI=1S/C13H15ClN2O3/c1-7-5-8(9(6-7)13(18)19)12(17)16-11-10(14)3-2-4-15-11/h2-4,7-9H,5-6H2,1H3,(H,18,19)(H,15,16,17)/t7?,8-,9+/m0/s1. The van der Waals surface area contributed by atoms with Gasteiger partial charge in [-0.3, -0.25) is 9.59 Å². The van der Waals surface area contributed by atoms with Crippen molar-refractivity contribution in [2.45, 2.75) is 19.8 Å². The third-order valence-corrected chi connectivity index (χ3v) is 3.76. The zero-order valence-corrected chi connectivity index (χ0v) is 11.2. The van der Waals surface area contributed by atoms with Crippen LogP contribution in [0, 0.1) is 17.8 Å². The molecule has 1 aromatic rings. The smallest absolute Gasteiger partial charge is 0.307 e. The van der Waals surface area contributed by atoms with Crippen molar-refractivity contribution in [2.24, 2.45) is 17.8 Å². The van der Waals surface area contributed by atoms with Gasteiger partial charge in [-0.2, -0.15) is 0 Å². The van der Waals surface area contributed by atoms with Gasteiger partial charge in [0, 0.05) is 6.20 Å². The fraction of sp³-hybridized carbons (Fsp3) is 0.462. The topological polar surface area (TPSA) is 79.3 Å². The number of carbonyl (C=O) groups excluding carboxylic acids is 1. The summed E-state index contributed by atoms with van der Waals surface area (Å²) < 4.78 is 0. The number of carboxylic acid groups (broad SMARTS) is 1. The quantitative estimate of drug-likeness (QED) is 0.892. The number of nitrogens with zero attached hydrogens (tertiary/aromatic N) is 1. The molecular weight excluding hydrogens is 268 g/mol. The highest BCUT2D eigenvalue weighted by Gasteiger charge is 2.41. The number of carboxylic acids is 1. The van der Waals surface area contributed by atoms with Crippen molar-refractivity contribution in [3.63, 3.8) is 0 Å². The van der Waals surface area contributed by atoms with Crippen molar-refractivity contribution < 1.29 is 14.7 Å². The Hall–Kier alpha value is -1.62. The highest BCUT2D eigenvalue weighted by Crippen LogP contribution is 2.37. The average molecular weight is 283 g/mol. The maximum atomic E-state index is 12.2. The summed E-state index contributed by atoms with van der Waals surface area (Å²) in [6, 6.07) is 3.28. The van der Waals surface area contributed by atoms with Crippen LogP contribution in [-0.4, -0.2) is 22.0 Å². The van der Waals surface area contributed by atoms with Crippen LogP contribution in [0.4, 0.5) is 5.82 Å². The first-order valence-corrected chi connectivity index (χ1v) is 6.51. The molecule has 1 unspecified atom stereocenters. The Morgan fingerprint density at radius 3 is 2.74 bits per heavy atom. The van der Waals surface area contributed by atoms with Gasteiger partial charge >= 0.3 is 5.97 Å². The van der Waals surface area contributed by atoms with E-state index < -0.39 is 17.8 Å². The molecule has 0 spiro atoms. The van der Waals surface area contributed by atoms with Gasteiger partial charge in [0.1, 0.15) is 0 Å². The first kappa shape index (κ1) is 13.8. The summed E-state index contributed by atoms with van der Waals surface area (Å²) in [5, 5.41) is 12.1. The van der Waals surface area contributed by atoms with E-state index in [0.29, 0.717) is 17.9 Å². The predicted molar refractivity (Wildman–Crippen MR) is 70.9 cm³/mol. The number of amides is 1. The summed E-state index contributed by atoms with van der Waals surface area (Å²) in [5.74, 6) is -1.88. The van der Waals surface area contributed by atoms with E-state index in [0.717, 1.165) is 0 Å². The Bertz CT molecular complexity index is 506. The Morgan fingerprint density at radius 1 is 1.42 bits per heavy atom. The van der Waals surface area contributed by atoms with Crippen LogP contribution in [0.15, 0.2) is 18.3 Å². The molecule has 19 heavy (non-hydrogen) atoms. The lowest BCUT2D eigenvalue weighted by atomic mass is 9.95. The molecule has 1 saturated carbocycles. The third kappa shape index (κ3) is 3.04. The molecule has 1 aliphatic carbocycles. The molecular formula is C13H15ClN2O3. The van der Waals surface area contributed by atoms with E-state index in [9.17, 15) is 9.59 Å². The van der Waals surface area contributed by atoms with Crippen molar-refractivity contribution in [1.82, 2.24) is 4.98 Å². The lowest BCUT2D eigenvalue weighted by molar-refractivity contribution is -0.145. The van der Waals surface area contributed by atoms with Gasteiger partial charge in [-0.25, -0.2) is 4.98 Å². The summed E-state index contributed by atoms with van der Waals surface area (Å²) in [4.78, 5) is 27.3. The Labute approximate surface area is 116 Å². The molecule has 1 heterocycles. The van der Waals surface area contributed by atoms with Gasteiger partial charge in [0.2, 0.25) is 5.91 Å². The number of pyridine rings is 1. The van der Waals surface area contributed by atoms with E-state index in [2.05, 4.69) is 10.3 Å². The number of hydrogen-bond acceptors (Lipinski definition) is 3. The van der Waals surface area contributed by atoms with E-state index in [-0.39, 0.29) is 17.6 Å². The second kappa shape index (κ2) is 5.57. The second-order valence-corrected chi connectivity index (χ2v) is 5.36. The van der Waals surface area contributed by atoms with Gasteiger partial charge in [0.25, 0.3) is 0 Å². The molecule has 1 amide bonds. The second-order valence-electron chi connectivity index (χ2n) is 4.95. The number of halogens is 1. The highest BCUT2D eigenvalue weighted by molar-refractivity contribution is 6.33. The van der Waals surface area contributed by atoms with Crippen molar-refractivity contribution in [1.29, 1.82) is 0 Å². The van der Waals surface area contributed by atoms with Gasteiger partial charge in [-0.05, 0) is 30.9 Å². The van der Waals surface area contributed by atoms with Gasteiger partial charge in [-0.1, -0.05) is 18.5 Å². The normalized spacial score (nSPS) is 26.1. The SMILES string of the molecule is CC1C[C@H](C(=O)Nc2ncccc2Cl)[C@H](C(=O)O)C1. The maximum Gasteiger partial charge on any atom is 0.307 e. The molecule has 1 aromatic heterocycles. The molecule has 6 heteroatoms. The number of aromatic nitrogens is 1. The highest BCUT2D eigenvalue weighted by atomic mass is 35.5. The molecule has 102 valence electrons. The van der Waals surface area contributed by atoms with Gasteiger partial charge < -0.3 is 10.4 Å². The Balaban J connectivity index is 2.11. The van der Waals surface area contributed by atoms with Crippen molar-refractivity contribution in [2.75, 3.05) is 5.32 Å². The van der Waals surface area contributed by atoms with Gasteiger partial charge in [0.15, 0.2) is 5.82 Å². The van der Waals surface area contributed by atoms with E-state index in [4.69, 9.17) is 16.7 Å². The molecule has 1 fully saturated rings. The van der Waals surface area contributed by atoms with Crippen LogP contribution in [0.25, 0.3) is 0 Å². The summed E-state index contributed by atoms with van der Waals surface area (Å²) in [6.45, 7) is 1.96. The minimum Gasteiger partial charge on any atom is -0.481 e. The predicted octanol–water partition coefficient (Wildman–Crippen LogP) is 2.42. The number of nitrogens with one attached hydrogen (secondary N) is 1. The van der Waals surface area contributed by atoms with Crippen molar-refractivity contribution in [3.8, 4) is 0 Å². The molecule has 2 rings (SSSR count). The Kier molecular flexibility index (Phi) is 4.04. The average Bonchev–Trinajstić information content (AvgIpc) is 2.74. The molecule has 2 N–H and O–H groups in total. The van der Waals surface area contributed by atoms with Crippen LogP contribution in [0.1, 0.15) is 19.8 Å². The van der Waals surface area contributed by atoms with Crippen molar-refractivity contribution >= 4 is 29.3 Å². The lowest BCUT2D eigenvalue weighted by Gasteiger charge is -2.15. The summed E-state index contributed by atoms with van der Waals surface area (Å²) >= 11 is 5.91. The van der Waals surface area contributed by atoms with Crippen LogP contribution in [0.5, 0.6) is 0 Å². The molecule has 1 aliphatic rings. The van der Waals surface area contributed by atoms with Crippen molar-refractivity contribution in [3.05, 3.63) is 23.4 Å². The third-order valence-electron chi connectivity index (χ3n) is 3.45. The number of anilines is 1. The van der Waals surface area contributed by atoms with Gasteiger partial charge in [-0.15, -0.1) is 0 Å². The van der Waals surface area contributed by atoms with Crippen LogP contribution >= 0.6 is 11.6 Å². The van der Waals surface area contributed by atoms with Gasteiger partial charge in [0.05, 0.1) is 16.9 Å².